The van der Waals surface area contributed by atoms with E-state index in [1.807, 2.05) is 24.0 Å². The van der Waals surface area contributed by atoms with Crippen LogP contribution in [0.25, 0.3) is 0 Å². The highest BCUT2D eigenvalue weighted by atomic mass is 35.5. The van der Waals surface area contributed by atoms with Crippen molar-refractivity contribution in [3.63, 3.8) is 0 Å². The molecule has 1 aromatic carbocycles. The number of esters is 1. The second kappa shape index (κ2) is 8.31. The van der Waals surface area contributed by atoms with Crippen LogP contribution in [0, 0.1) is 12.8 Å². The minimum absolute atomic E-state index is 0.0973. The lowest BCUT2D eigenvalue weighted by Crippen LogP contribution is -2.43. The lowest BCUT2D eigenvalue weighted by Gasteiger charge is -2.30. The molecule has 0 saturated carbocycles. The fraction of sp³-hybridized carbons (Fsp3) is 0.529. The Morgan fingerprint density at radius 3 is 2.96 bits per heavy atom. The topological polar surface area (TPSA) is 58.6 Å². The number of rotatable bonds is 5. The highest BCUT2D eigenvalue weighted by Crippen LogP contribution is 2.23. The van der Waals surface area contributed by atoms with Crippen molar-refractivity contribution in [2.24, 2.45) is 5.92 Å². The highest BCUT2D eigenvalue weighted by Gasteiger charge is 2.27. The van der Waals surface area contributed by atoms with Crippen LogP contribution in [-0.4, -0.2) is 43.0 Å². The quantitative estimate of drug-likeness (QED) is 0.839. The number of likely N-dealkylation sites (tertiary alicyclic amines) is 1. The fourth-order valence-corrected chi connectivity index (χ4v) is 2.96. The van der Waals surface area contributed by atoms with Crippen molar-refractivity contribution in [2.75, 3.05) is 31.6 Å². The number of anilines is 1. The molecule has 0 unspecified atom stereocenters. The van der Waals surface area contributed by atoms with Crippen LogP contribution in [0.5, 0.6) is 0 Å². The van der Waals surface area contributed by atoms with Gasteiger partial charge >= 0.3 is 5.97 Å². The van der Waals surface area contributed by atoms with Gasteiger partial charge in [0.05, 0.1) is 19.1 Å². The molecule has 5 nitrogen and oxygen atoms in total. The van der Waals surface area contributed by atoms with E-state index in [-0.39, 0.29) is 24.3 Å². The van der Waals surface area contributed by atoms with Gasteiger partial charge < -0.3 is 10.1 Å². The Morgan fingerprint density at radius 1 is 1.43 bits per heavy atom. The molecule has 1 fully saturated rings. The zero-order chi connectivity index (χ0) is 16.8. The van der Waals surface area contributed by atoms with Crippen LogP contribution >= 0.6 is 11.6 Å². The Labute approximate surface area is 141 Å². The van der Waals surface area contributed by atoms with Crippen LogP contribution < -0.4 is 5.32 Å². The third-order valence-electron chi connectivity index (χ3n) is 4.03. The minimum atomic E-state index is -0.164. The second-order valence-corrected chi connectivity index (χ2v) is 6.19. The first-order valence-electron chi connectivity index (χ1n) is 7.95. The normalized spacial score (nSPS) is 18.5. The molecule has 0 aliphatic carbocycles. The molecule has 0 bridgehead atoms. The van der Waals surface area contributed by atoms with Gasteiger partial charge in [-0.05, 0) is 50.9 Å². The predicted molar refractivity (Wildman–Crippen MR) is 90.6 cm³/mol. The Balaban J connectivity index is 1.89. The summed E-state index contributed by atoms with van der Waals surface area (Å²) >= 11 is 6.06. The fourth-order valence-electron chi connectivity index (χ4n) is 2.79. The summed E-state index contributed by atoms with van der Waals surface area (Å²) in [7, 11) is 0. The summed E-state index contributed by atoms with van der Waals surface area (Å²) < 4.78 is 5.08. The molecule has 1 heterocycles. The second-order valence-electron chi connectivity index (χ2n) is 5.79. The van der Waals surface area contributed by atoms with E-state index in [9.17, 15) is 9.59 Å². The van der Waals surface area contributed by atoms with Gasteiger partial charge in [0.2, 0.25) is 5.91 Å². The van der Waals surface area contributed by atoms with Gasteiger partial charge in [-0.1, -0.05) is 17.7 Å². The molecule has 23 heavy (non-hydrogen) atoms. The first kappa shape index (κ1) is 17.8. The molecule has 1 saturated heterocycles. The largest absolute Gasteiger partial charge is 0.466 e. The number of amides is 1. The maximum absolute atomic E-state index is 12.2. The third-order valence-corrected chi connectivity index (χ3v) is 4.44. The van der Waals surface area contributed by atoms with Crippen LogP contribution in [0.1, 0.15) is 25.3 Å². The molecule has 1 aliphatic heterocycles. The summed E-state index contributed by atoms with van der Waals surface area (Å²) in [5.74, 6) is -0.396. The lowest BCUT2D eigenvalue weighted by molar-refractivity contribution is -0.150. The van der Waals surface area contributed by atoms with Crippen molar-refractivity contribution in [2.45, 2.75) is 26.7 Å². The van der Waals surface area contributed by atoms with E-state index in [0.717, 1.165) is 30.6 Å². The maximum atomic E-state index is 12.2. The SMILES string of the molecule is CCOC(=O)[C@H]1CCCN(CC(=O)Nc2cccc(Cl)c2C)C1. The number of hydrogen-bond donors (Lipinski definition) is 1. The highest BCUT2D eigenvalue weighted by molar-refractivity contribution is 6.31. The molecule has 1 N–H and O–H groups in total. The zero-order valence-corrected chi connectivity index (χ0v) is 14.4. The number of carbonyl (C=O) groups excluding carboxylic acids is 2. The van der Waals surface area contributed by atoms with Crippen molar-refractivity contribution in [1.29, 1.82) is 0 Å². The molecule has 2 rings (SSSR count). The molecular weight excluding hydrogens is 316 g/mol. The number of piperidine rings is 1. The van der Waals surface area contributed by atoms with E-state index in [4.69, 9.17) is 16.3 Å². The van der Waals surface area contributed by atoms with Crippen LogP contribution in [0.4, 0.5) is 5.69 Å². The first-order valence-corrected chi connectivity index (χ1v) is 8.33. The number of hydrogen-bond acceptors (Lipinski definition) is 4. The van der Waals surface area contributed by atoms with Crippen LogP contribution in [0.15, 0.2) is 18.2 Å². The smallest absolute Gasteiger partial charge is 0.310 e. The average molecular weight is 339 g/mol. The Hall–Kier alpha value is -1.59. The Kier molecular flexibility index (Phi) is 6.42. The van der Waals surface area contributed by atoms with Crippen molar-refractivity contribution in [3.8, 4) is 0 Å². The standard InChI is InChI=1S/C17H23ClN2O3/c1-3-23-17(22)13-6-5-9-20(10-13)11-16(21)19-15-8-4-7-14(18)12(15)2/h4,7-8,13H,3,5-6,9-11H2,1-2H3,(H,19,21)/t13-/m0/s1. The van der Waals surface area contributed by atoms with Gasteiger partial charge in [-0.3, -0.25) is 14.5 Å². The molecule has 1 aliphatic rings. The van der Waals surface area contributed by atoms with Crippen LogP contribution in [-0.2, 0) is 14.3 Å². The van der Waals surface area contributed by atoms with Gasteiger partial charge in [0.15, 0.2) is 0 Å². The number of halogens is 1. The molecule has 0 radical (unpaired) electrons. The van der Waals surface area contributed by atoms with Gasteiger partial charge in [0.25, 0.3) is 0 Å². The van der Waals surface area contributed by atoms with E-state index in [2.05, 4.69) is 5.32 Å². The van der Waals surface area contributed by atoms with Gasteiger partial charge in [-0.15, -0.1) is 0 Å². The molecule has 126 valence electrons. The number of benzene rings is 1. The van der Waals surface area contributed by atoms with Crippen molar-refractivity contribution >= 4 is 29.2 Å². The summed E-state index contributed by atoms with van der Waals surface area (Å²) in [5.41, 5.74) is 1.58. The van der Waals surface area contributed by atoms with Gasteiger partial charge in [0, 0.05) is 17.3 Å². The van der Waals surface area contributed by atoms with Crippen molar-refractivity contribution in [3.05, 3.63) is 28.8 Å². The van der Waals surface area contributed by atoms with E-state index in [1.165, 1.54) is 0 Å². The van der Waals surface area contributed by atoms with Crippen LogP contribution in [0.2, 0.25) is 5.02 Å². The molecule has 0 spiro atoms. The first-order chi connectivity index (χ1) is 11.0. The summed E-state index contributed by atoms with van der Waals surface area (Å²) in [6, 6.07) is 5.43. The summed E-state index contributed by atoms with van der Waals surface area (Å²) in [6.45, 7) is 5.72. The summed E-state index contributed by atoms with van der Waals surface area (Å²) in [5, 5.41) is 3.51. The molecule has 1 aromatic rings. The molecular formula is C17H23ClN2O3. The zero-order valence-electron chi connectivity index (χ0n) is 13.6. The number of nitrogens with one attached hydrogen (secondary N) is 1. The Morgan fingerprint density at radius 2 is 2.22 bits per heavy atom. The van der Waals surface area contributed by atoms with E-state index in [1.54, 1.807) is 13.0 Å². The van der Waals surface area contributed by atoms with Crippen molar-refractivity contribution < 1.29 is 14.3 Å². The minimum Gasteiger partial charge on any atom is -0.466 e. The van der Waals surface area contributed by atoms with Gasteiger partial charge in [-0.2, -0.15) is 0 Å². The molecule has 6 heteroatoms. The summed E-state index contributed by atoms with van der Waals surface area (Å²) in [6.07, 6.45) is 1.72. The lowest BCUT2D eigenvalue weighted by atomic mass is 9.98. The Bertz CT molecular complexity index is 577. The third kappa shape index (κ3) is 4.94. The predicted octanol–water partition coefficient (Wildman–Crippen LogP) is 2.86. The van der Waals surface area contributed by atoms with Gasteiger partial charge in [0.1, 0.15) is 0 Å². The molecule has 1 amide bonds. The van der Waals surface area contributed by atoms with Gasteiger partial charge in [-0.25, -0.2) is 0 Å². The monoisotopic (exact) mass is 338 g/mol. The number of nitrogens with zero attached hydrogens (tertiary/aromatic N) is 1. The van der Waals surface area contributed by atoms with E-state index >= 15 is 0 Å². The van der Waals surface area contributed by atoms with E-state index < -0.39 is 0 Å². The average Bonchev–Trinajstić information content (AvgIpc) is 2.52. The molecule has 0 aromatic heterocycles. The maximum Gasteiger partial charge on any atom is 0.310 e. The summed E-state index contributed by atoms with van der Waals surface area (Å²) in [4.78, 5) is 26.1. The number of ether oxygens (including phenoxy) is 1. The van der Waals surface area contributed by atoms with Crippen LogP contribution in [0.3, 0.4) is 0 Å². The van der Waals surface area contributed by atoms with E-state index in [0.29, 0.717) is 18.2 Å². The molecule has 1 atom stereocenters. The van der Waals surface area contributed by atoms with Crippen molar-refractivity contribution in [1.82, 2.24) is 4.90 Å². The number of carbonyl (C=O) groups is 2.